The third-order valence-electron chi connectivity index (χ3n) is 4.94. The van der Waals surface area contributed by atoms with Crippen LogP contribution in [0.4, 0.5) is 0 Å². The Morgan fingerprint density at radius 3 is 2.65 bits per heavy atom. The molecule has 1 saturated carbocycles. The number of benzene rings is 1. The molecule has 0 radical (unpaired) electrons. The lowest BCUT2D eigenvalue weighted by Gasteiger charge is -2.19. The van der Waals surface area contributed by atoms with Crippen molar-refractivity contribution in [2.75, 3.05) is 13.1 Å². The van der Waals surface area contributed by atoms with E-state index in [0.29, 0.717) is 6.54 Å². The number of aliphatic imine (C=N–C) groups is 1. The minimum absolute atomic E-state index is 0.249. The second kappa shape index (κ2) is 7.15. The van der Waals surface area contributed by atoms with Gasteiger partial charge in [-0.3, -0.25) is 4.40 Å². The number of nitrogens with zero attached hydrogens (tertiary/aromatic N) is 4. The summed E-state index contributed by atoms with van der Waals surface area (Å²) in [5, 5.41) is 15.3. The summed E-state index contributed by atoms with van der Waals surface area (Å²) in [7, 11) is 0. The number of fused-ring (bicyclic) bond motifs is 1. The molecule has 0 aliphatic heterocycles. The van der Waals surface area contributed by atoms with Crippen molar-refractivity contribution < 1.29 is 0 Å². The Morgan fingerprint density at radius 2 is 1.88 bits per heavy atom. The summed E-state index contributed by atoms with van der Waals surface area (Å²) in [5.74, 6) is 1.66. The lowest BCUT2D eigenvalue weighted by atomic mass is 9.96. The van der Waals surface area contributed by atoms with Crippen molar-refractivity contribution in [3.05, 3.63) is 66.1 Å². The molecule has 6 heteroatoms. The highest BCUT2D eigenvalue weighted by Crippen LogP contribution is 2.47. The average molecular weight is 348 g/mol. The fraction of sp³-hybridized carbons (Fsp3) is 0.350. The number of hydrogen-bond acceptors (Lipinski definition) is 3. The number of nitrogens with one attached hydrogen (secondary N) is 2. The van der Waals surface area contributed by atoms with Gasteiger partial charge in [-0.25, -0.2) is 4.99 Å². The van der Waals surface area contributed by atoms with Crippen molar-refractivity contribution in [3.63, 3.8) is 0 Å². The predicted molar refractivity (Wildman–Crippen MR) is 103 cm³/mol. The van der Waals surface area contributed by atoms with E-state index < -0.39 is 0 Å². The lowest BCUT2D eigenvalue weighted by molar-refractivity contribution is 0.645. The fourth-order valence-electron chi connectivity index (χ4n) is 3.25. The van der Waals surface area contributed by atoms with E-state index in [9.17, 15) is 0 Å². The molecule has 1 aromatic carbocycles. The van der Waals surface area contributed by atoms with Crippen LogP contribution in [0.2, 0.25) is 0 Å². The van der Waals surface area contributed by atoms with Crippen LogP contribution in [0, 0.1) is 0 Å². The van der Waals surface area contributed by atoms with E-state index in [4.69, 9.17) is 4.99 Å². The van der Waals surface area contributed by atoms with Gasteiger partial charge in [-0.15, -0.1) is 10.2 Å². The molecule has 1 aliphatic rings. The first-order chi connectivity index (χ1) is 12.8. The molecule has 2 heterocycles. The van der Waals surface area contributed by atoms with Crippen LogP contribution in [0.5, 0.6) is 0 Å². The zero-order valence-corrected chi connectivity index (χ0v) is 15.0. The van der Waals surface area contributed by atoms with Crippen molar-refractivity contribution in [1.29, 1.82) is 0 Å². The topological polar surface area (TPSA) is 66.6 Å². The lowest BCUT2D eigenvalue weighted by Crippen LogP contribution is -2.41. The van der Waals surface area contributed by atoms with Gasteiger partial charge in [0.15, 0.2) is 17.4 Å². The molecular weight excluding hydrogens is 324 g/mol. The second-order valence-corrected chi connectivity index (χ2v) is 6.74. The molecule has 26 heavy (non-hydrogen) atoms. The van der Waals surface area contributed by atoms with E-state index in [1.807, 2.05) is 28.8 Å². The summed E-state index contributed by atoms with van der Waals surface area (Å²) in [6.07, 6.45) is 4.41. The van der Waals surface area contributed by atoms with Crippen molar-refractivity contribution in [1.82, 2.24) is 25.2 Å². The zero-order chi connectivity index (χ0) is 17.8. The Labute approximate surface area is 153 Å². The van der Waals surface area contributed by atoms with E-state index in [0.717, 1.165) is 30.5 Å². The highest BCUT2D eigenvalue weighted by atomic mass is 15.3. The average Bonchev–Trinajstić information content (AvgIpc) is 3.38. The van der Waals surface area contributed by atoms with Crippen LogP contribution in [-0.4, -0.2) is 33.6 Å². The molecule has 0 spiro atoms. The van der Waals surface area contributed by atoms with Gasteiger partial charge >= 0.3 is 0 Å². The van der Waals surface area contributed by atoms with E-state index >= 15 is 0 Å². The summed E-state index contributed by atoms with van der Waals surface area (Å²) in [4.78, 5) is 4.70. The van der Waals surface area contributed by atoms with Gasteiger partial charge in [0.05, 0.1) is 0 Å². The van der Waals surface area contributed by atoms with Crippen molar-refractivity contribution in [2.45, 2.75) is 31.7 Å². The van der Waals surface area contributed by atoms with Crippen molar-refractivity contribution in [3.8, 4) is 0 Å². The molecule has 0 amide bonds. The minimum Gasteiger partial charge on any atom is -0.357 e. The van der Waals surface area contributed by atoms with E-state index in [2.05, 4.69) is 58.1 Å². The molecule has 4 rings (SSSR count). The van der Waals surface area contributed by atoms with Gasteiger partial charge in [0.1, 0.15) is 6.54 Å². The maximum Gasteiger partial charge on any atom is 0.191 e. The first-order valence-corrected chi connectivity index (χ1v) is 9.17. The van der Waals surface area contributed by atoms with Crippen LogP contribution in [0.1, 0.15) is 31.2 Å². The standard InChI is InChI=1S/C20H24N6/c1-2-21-19(22-14-18-25-24-17-10-6-7-13-26(17)18)23-15-20(11-12-20)16-8-4-3-5-9-16/h3-10,13H,2,11-12,14-15H2,1H3,(H2,21,22,23). The van der Waals surface area contributed by atoms with Gasteiger partial charge in [-0.05, 0) is 37.5 Å². The SMILES string of the molecule is CCNC(=NCc1nnc2ccccn12)NCC1(c2ccccc2)CC1. The van der Waals surface area contributed by atoms with Crippen LogP contribution in [0.3, 0.4) is 0 Å². The Kier molecular flexibility index (Phi) is 4.56. The van der Waals surface area contributed by atoms with Gasteiger partial charge in [-0.2, -0.15) is 0 Å². The first kappa shape index (κ1) is 16.6. The normalized spacial score (nSPS) is 15.8. The Bertz CT molecular complexity index is 895. The first-order valence-electron chi connectivity index (χ1n) is 9.17. The van der Waals surface area contributed by atoms with Crippen LogP contribution >= 0.6 is 0 Å². The van der Waals surface area contributed by atoms with Gasteiger partial charge in [0.25, 0.3) is 0 Å². The fourth-order valence-corrected chi connectivity index (χ4v) is 3.25. The summed E-state index contributed by atoms with van der Waals surface area (Å²) in [5.41, 5.74) is 2.50. The van der Waals surface area contributed by atoms with Crippen molar-refractivity contribution in [2.24, 2.45) is 4.99 Å². The summed E-state index contributed by atoms with van der Waals surface area (Å²) >= 11 is 0. The monoisotopic (exact) mass is 348 g/mol. The van der Waals surface area contributed by atoms with Gasteiger partial charge < -0.3 is 10.6 Å². The predicted octanol–water partition coefficient (Wildman–Crippen LogP) is 2.52. The third kappa shape index (κ3) is 3.40. The molecule has 1 fully saturated rings. The summed E-state index contributed by atoms with van der Waals surface area (Å²) in [6, 6.07) is 16.6. The molecule has 0 bridgehead atoms. The van der Waals surface area contributed by atoms with E-state index in [1.54, 1.807) is 0 Å². The molecule has 2 N–H and O–H groups in total. The third-order valence-corrected chi connectivity index (χ3v) is 4.94. The van der Waals surface area contributed by atoms with Gasteiger partial charge in [0.2, 0.25) is 0 Å². The van der Waals surface area contributed by atoms with Crippen LogP contribution < -0.4 is 10.6 Å². The van der Waals surface area contributed by atoms with E-state index in [-0.39, 0.29) is 5.41 Å². The zero-order valence-electron chi connectivity index (χ0n) is 15.0. The number of guanidine groups is 1. The minimum atomic E-state index is 0.249. The smallest absolute Gasteiger partial charge is 0.191 e. The number of aromatic nitrogens is 3. The molecule has 0 unspecified atom stereocenters. The van der Waals surface area contributed by atoms with Crippen LogP contribution in [-0.2, 0) is 12.0 Å². The molecule has 134 valence electrons. The number of hydrogen-bond donors (Lipinski definition) is 2. The molecule has 2 aromatic heterocycles. The Balaban J connectivity index is 1.45. The van der Waals surface area contributed by atoms with Gasteiger partial charge in [0, 0.05) is 24.7 Å². The van der Waals surface area contributed by atoms with Gasteiger partial charge in [-0.1, -0.05) is 36.4 Å². The summed E-state index contributed by atoms with van der Waals surface area (Å²) in [6.45, 7) is 4.28. The van der Waals surface area contributed by atoms with E-state index in [1.165, 1.54) is 18.4 Å². The number of rotatable bonds is 6. The quantitative estimate of drug-likeness (QED) is 0.531. The molecule has 1 aliphatic carbocycles. The van der Waals surface area contributed by atoms with Crippen LogP contribution in [0.15, 0.2) is 59.7 Å². The molecule has 0 atom stereocenters. The Hall–Kier alpha value is -2.89. The second-order valence-electron chi connectivity index (χ2n) is 6.74. The van der Waals surface area contributed by atoms with Crippen molar-refractivity contribution >= 4 is 11.6 Å². The molecule has 0 saturated heterocycles. The molecule has 6 nitrogen and oxygen atoms in total. The van der Waals surface area contributed by atoms with Crippen LogP contribution in [0.25, 0.3) is 5.65 Å². The highest BCUT2D eigenvalue weighted by Gasteiger charge is 2.43. The maximum atomic E-state index is 4.70. The highest BCUT2D eigenvalue weighted by molar-refractivity contribution is 5.79. The maximum absolute atomic E-state index is 4.70. The number of pyridine rings is 1. The molecular formula is C20H24N6. The Morgan fingerprint density at radius 1 is 1.08 bits per heavy atom. The summed E-state index contributed by atoms with van der Waals surface area (Å²) < 4.78 is 1.97. The molecule has 3 aromatic rings. The largest absolute Gasteiger partial charge is 0.357 e.